The molecule has 31 heavy (non-hydrogen) atoms. The summed E-state index contributed by atoms with van der Waals surface area (Å²) < 4.78 is 0. The lowest BCUT2D eigenvalue weighted by Crippen LogP contribution is -2.60. The summed E-state index contributed by atoms with van der Waals surface area (Å²) in [5, 5.41) is 11.7. The van der Waals surface area contributed by atoms with Crippen LogP contribution in [-0.4, -0.2) is 64.3 Å². The third kappa shape index (κ3) is 5.36. The fraction of sp³-hybridized carbons (Fsp3) is 0.217. The van der Waals surface area contributed by atoms with Crippen molar-refractivity contribution in [3.63, 3.8) is 0 Å². The Kier molecular flexibility index (Phi) is 6.81. The van der Waals surface area contributed by atoms with Crippen molar-refractivity contribution in [2.45, 2.75) is 12.5 Å². The van der Waals surface area contributed by atoms with Gasteiger partial charge in [0.25, 0.3) is 5.91 Å². The van der Waals surface area contributed by atoms with Crippen LogP contribution in [0.5, 0.6) is 0 Å². The number of carbonyl (C=O) groups is 4. The SMILES string of the molecule is C=CC(=O)Nc1ccc(C(=O)N2CCN(CC(=O)O)C(=O)C2Cc2ccccc2)cc1. The number of carboxylic acid groups (broad SMARTS) is 1. The van der Waals surface area contributed by atoms with Crippen molar-refractivity contribution >= 4 is 29.4 Å². The molecule has 160 valence electrons. The summed E-state index contributed by atoms with van der Waals surface area (Å²) in [7, 11) is 0. The van der Waals surface area contributed by atoms with Crippen molar-refractivity contribution in [3.05, 3.63) is 78.4 Å². The van der Waals surface area contributed by atoms with E-state index in [-0.39, 0.29) is 37.2 Å². The van der Waals surface area contributed by atoms with Crippen LogP contribution in [0.25, 0.3) is 0 Å². The number of nitrogens with one attached hydrogen (secondary N) is 1. The largest absolute Gasteiger partial charge is 0.480 e. The number of anilines is 1. The van der Waals surface area contributed by atoms with Crippen LogP contribution >= 0.6 is 0 Å². The second-order valence-corrected chi connectivity index (χ2v) is 7.13. The minimum atomic E-state index is -1.09. The molecule has 1 atom stereocenters. The van der Waals surface area contributed by atoms with E-state index < -0.39 is 18.6 Å². The summed E-state index contributed by atoms with van der Waals surface area (Å²) in [6.45, 7) is 3.37. The van der Waals surface area contributed by atoms with E-state index in [0.717, 1.165) is 11.6 Å². The second-order valence-electron chi connectivity index (χ2n) is 7.13. The first-order valence-corrected chi connectivity index (χ1v) is 9.78. The molecule has 2 N–H and O–H groups in total. The Hall–Kier alpha value is -3.94. The zero-order valence-electron chi connectivity index (χ0n) is 16.9. The van der Waals surface area contributed by atoms with Crippen LogP contribution < -0.4 is 5.32 Å². The Labute approximate surface area is 179 Å². The van der Waals surface area contributed by atoms with E-state index in [1.54, 1.807) is 24.3 Å². The molecule has 8 heteroatoms. The van der Waals surface area contributed by atoms with Crippen LogP contribution in [0.2, 0.25) is 0 Å². The van der Waals surface area contributed by atoms with Gasteiger partial charge in [0.2, 0.25) is 11.8 Å². The maximum atomic E-state index is 13.2. The molecule has 0 bridgehead atoms. The van der Waals surface area contributed by atoms with Crippen molar-refractivity contribution in [3.8, 4) is 0 Å². The molecule has 2 aromatic rings. The number of nitrogens with zero attached hydrogens (tertiary/aromatic N) is 2. The van der Waals surface area contributed by atoms with E-state index in [1.165, 1.54) is 9.80 Å². The fourth-order valence-electron chi connectivity index (χ4n) is 3.49. The zero-order valence-corrected chi connectivity index (χ0v) is 16.9. The van der Waals surface area contributed by atoms with Gasteiger partial charge in [-0.2, -0.15) is 0 Å². The minimum absolute atomic E-state index is 0.148. The lowest BCUT2D eigenvalue weighted by atomic mass is 10.00. The Morgan fingerprint density at radius 1 is 1.06 bits per heavy atom. The maximum Gasteiger partial charge on any atom is 0.323 e. The monoisotopic (exact) mass is 421 g/mol. The molecular formula is C23H23N3O5. The number of carbonyl (C=O) groups excluding carboxylic acids is 3. The zero-order chi connectivity index (χ0) is 22.4. The first-order chi connectivity index (χ1) is 14.9. The molecular weight excluding hydrogens is 398 g/mol. The molecule has 0 radical (unpaired) electrons. The van der Waals surface area contributed by atoms with Gasteiger partial charge in [-0.05, 0) is 35.9 Å². The molecule has 1 aliphatic rings. The number of amides is 3. The van der Waals surface area contributed by atoms with Gasteiger partial charge in [0.15, 0.2) is 0 Å². The predicted octanol–water partition coefficient (Wildman–Crippen LogP) is 1.79. The molecule has 1 fully saturated rings. The molecule has 0 aromatic heterocycles. The molecule has 3 amide bonds. The van der Waals surface area contributed by atoms with Crippen molar-refractivity contribution in [1.29, 1.82) is 0 Å². The highest BCUT2D eigenvalue weighted by Crippen LogP contribution is 2.20. The van der Waals surface area contributed by atoms with Crippen molar-refractivity contribution in [2.75, 3.05) is 25.0 Å². The van der Waals surface area contributed by atoms with Crippen LogP contribution in [0.4, 0.5) is 5.69 Å². The average Bonchev–Trinajstić information content (AvgIpc) is 2.77. The molecule has 1 saturated heterocycles. The van der Waals surface area contributed by atoms with E-state index in [2.05, 4.69) is 11.9 Å². The fourth-order valence-corrected chi connectivity index (χ4v) is 3.49. The second kappa shape index (κ2) is 9.71. The van der Waals surface area contributed by atoms with E-state index in [9.17, 15) is 19.2 Å². The lowest BCUT2D eigenvalue weighted by Gasteiger charge is -2.40. The van der Waals surface area contributed by atoms with Gasteiger partial charge in [-0.1, -0.05) is 36.9 Å². The molecule has 2 aromatic carbocycles. The Balaban J connectivity index is 1.83. The topological polar surface area (TPSA) is 107 Å². The number of benzene rings is 2. The molecule has 1 unspecified atom stereocenters. The van der Waals surface area contributed by atoms with Crippen LogP contribution in [0, 0.1) is 0 Å². The van der Waals surface area contributed by atoms with Gasteiger partial charge in [-0.3, -0.25) is 19.2 Å². The van der Waals surface area contributed by atoms with Gasteiger partial charge in [-0.15, -0.1) is 0 Å². The molecule has 8 nitrogen and oxygen atoms in total. The highest BCUT2D eigenvalue weighted by molar-refractivity contribution is 6.01. The predicted molar refractivity (Wildman–Crippen MR) is 114 cm³/mol. The summed E-state index contributed by atoms with van der Waals surface area (Å²) in [5.41, 5.74) is 1.76. The standard InChI is InChI=1S/C23H23N3O5/c1-2-20(27)24-18-10-8-17(9-11-18)22(30)26-13-12-25(15-21(28)29)23(31)19(26)14-16-6-4-3-5-7-16/h2-11,19H,1,12-15H2,(H,24,27)(H,28,29). The highest BCUT2D eigenvalue weighted by Gasteiger charge is 2.38. The van der Waals surface area contributed by atoms with Gasteiger partial charge in [0, 0.05) is 30.8 Å². The minimum Gasteiger partial charge on any atom is -0.480 e. The number of rotatable bonds is 7. The van der Waals surface area contributed by atoms with E-state index in [0.29, 0.717) is 11.3 Å². The first-order valence-electron chi connectivity index (χ1n) is 9.78. The van der Waals surface area contributed by atoms with Crippen molar-refractivity contribution in [2.24, 2.45) is 0 Å². The smallest absolute Gasteiger partial charge is 0.323 e. The Bertz CT molecular complexity index is 988. The summed E-state index contributed by atoms with van der Waals surface area (Å²) in [6.07, 6.45) is 1.43. The third-order valence-electron chi connectivity index (χ3n) is 5.03. The lowest BCUT2D eigenvalue weighted by molar-refractivity contribution is -0.149. The van der Waals surface area contributed by atoms with E-state index >= 15 is 0 Å². The first kappa shape index (κ1) is 21.8. The highest BCUT2D eigenvalue weighted by atomic mass is 16.4. The summed E-state index contributed by atoms with van der Waals surface area (Å²) in [4.78, 5) is 51.5. The molecule has 1 heterocycles. The summed E-state index contributed by atoms with van der Waals surface area (Å²) in [5.74, 6) is -2.17. The van der Waals surface area contributed by atoms with Gasteiger partial charge in [-0.25, -0.2) is 0 Å². The molecule has 3 rings (SSSR count). The number of carboxylic acids is 1. The van der Waals surface area contributed by atoms with Crippen molar-refractivity contribution in [1.82, 2.24) is 9.80 Å². The van der Waals surface area contributed by atoms with E-state index in [4.69, 9.17) is 5.11 Å². The molecule has 1 aliphatic heterocycles. The van der Waals surface area contributed by atoms with Gasteiger partial charge in [0.05, 0.1) is 0 Å². The van der Waals surface area contributed by atoms with E-state index in [1.807, 2.05) is 30.3 Å². The molecule has 0 aliphatic carbocycles. The quantitative estimate of drug-likeness (QED) is 0.663. The molecule has 0 spiro atoms. The van der Waals surface area contributed by atoms with Crippen LogP contribution in [0.1, 0.15) is 15.9 Å². The van der Waals surface area contributed by atoms with Crippen molar-refractivity contribution < 1.29 is 24.3 Å². The number of hydrogen-bond acceptors (Lipinski definition) is 4. The number of hydrogen-bond donors (Lipinski definition) is 2. The van der Waals surface area contributed by atoms with Crippen LogP contribution in [0.15, 0.2) is 67.3 Å². The van der Waals surface area contributed by atoms with Crippen LogP contribution in [0.3, 0.4) is 0 Å². The Morgan fingerprint density at radius 2 is 1.74 bits per heavy atom. The normalized spacial score (nSPS) is 16.0. The number of aliphatic carboxylic acids is 1. The maximum absolute atomic E-state index is 13.2. The average molecular weight is 421 g/mol. The van der Waals surface area contributed by atoms with Gasteiger partial charge < -0.3 is 20.2 Å². The van der Waals surface area contributed by atoms with Gasteiger partial charge >= 0.3 is 5.97 Å². The van der Waals surface area contributed by atoms with Crippen LogP contribution in [-0.2, 0) is 20.8 Å². The Morgan fingerprint density at radius 3 is 2.35 bits per heavy atom. The number of piperazine rings is 1. The third-order valence-corrected chi connectivity index (χ3v) is 5.03. The summed E-state index contributed by atoms with van der Waals surface area (Å²) in [6, 6.07) is 14.8. The summed E-state index contributed by atoms with van der Waals surface area (Å²) >= 11 is 0. The molecule has 0 saturated carbocycles. The van der Waals surface area contributed by atoms with Gasteiger partial charge in [0.1, 0.15) is 12.6 Å².